The number of furan rings is 1. The Hall–Kier alpha value is -2.83. The molecule has 142 valence electrons. The molecule has 2 aliphatic rings. The van der Waals surface area contributed by atoms with Gasteiger partial charge in [-0.3, -0.25) is 19.1 Å². The number of Topliss-reactive ketones (excluding diaryl/α,β-unsaturated/α-hetero) is 1. The number of fused-ring (bicyclic) bond motifs is 1. The number of hydrogen-bond acceptors (Lipinski definition) is 5. The number of aryl methyl sites for hydroxylation is 1. The molecule has 7 heteroatoms. The fraction of sp³-hybridized carbons (Fsp3) is 0.450. The number of aromatic nitrogens is 2. The van der Waals surface area contributed by atoms with E-state index in [1.807, 2.05) is 26.0 Å². The molecule has 2 aromatic heterocycles. The van der Waals surface area contributed by atoms with Crippen molar-refractivity contribution in [2.24, 2.45) is 0 Å². The van der Waals surface area contributed by atoms with E-state index < -0.39 is 17.2 Å². The van der Waals surface area contributed by atoms with Crippen molar-refractivity contribution in [2.75, 3.05) is 5.32 Å². The van der Waals surface area contributed by atoms with Crippen LogP contribution >= 0.6 is 0 Å². The first-order valence-corrected chi connectivity index (χ1v) is 9.47. The highest BCUT2D eigenvalue weighted by atomic mass is 16.3. The monoisotopic (exact) mass is 369 g/mol. The number of rotatable bonds is 4. The Balaban J connectivity index is 1.99. The van der Waals surface area contributed by atoms with E-state index in [-0.39, 0.29) is 5.78 Å². The van der Waals surface area contributed by atoms with Gasteiger partial charge in [0.15, 0.2) is 5.78 Å². The van der Waals surface area contributed by atoms with Gasteiger partial charge < -0.3 is 9.73 Å². The molecule has 0 bridgehead atoms. The van der Waals surface area contributed by atoms with Crippen LogP contribution in [0.3, 0.4) is 0 Å². The molecule has 7 nitrogen and oxygen atoms in total. The molecule has 4 rings (SSSR count). The van der Waals surface area contributed by atoms with Crippen molar-refractivity contribution in [3.63, 3.8) is 0 Å². The summed E-state index contributed by atoms with van der Waals surface area (Å²) in [5.41, 5.74) is 0.871. The smallest absolute Gasteiger partial charge is 0.329 e. The first kappa shape index (κ1) is 17.6. The summed E-state index contributed by atoms with van der Waals surface area (Å²) in [6.07, 6.45) is 3.67. The van der Waals surface area contributed by atoms with Crippen LogP contribution in [0, 0.1) is 6.92 Å². The van der Waals surface area contributed by atoms with Crippen LogP contribution in [0.5, 0.6) is 0 Å². The summed E-state index contributed by atoms with van der Waals surface area (Å²) in [6.45, 7) is 4.38. The van der Waals surface area contributed by atoms with Crippen molar-refractivity contribution >= 4 is 11.6 Å². The maximum atomic E-state index is 12.8. The lowest BCUT2D eigenvalue weighted by Crippen LogP contribution is -2.40. The molecule has 2 N–H and O–H groups in total. The molecule has 0 amide bonds. The standard InChI is InChI=1S/C20H23N3O4/c1-3-4-10-23-18-17(19(25)22-20(23)26)16(14-9-8-11(2)27-14)15-12(21-18)6-5-7-13(15)24/h8-9,16,21H,3-7,10H2,1-2H3,(H,22,25,26)/t16-/m1/s1. The summed E-state index contributed by atoms with van der Waals surface area (Å²) in [6, 6.07) is 3.63. The second-order valence-corrected chi connectivity index (χ2v) is 7.20. The lowest BCUT2D eigenvalue weighted by Gasteiger charge is -2.33. The Bertz CT molecular complexity index is 1050. The number of carbonyl (C=O) groups excluding carboxylic acids is 1. The van der Waals surface area contributed by atoms with Crippen molar-refractivity contribution < 1.29 is 9.21 Å². The normalized spacial score (nSPS) is 18.9. The Morgan fingerprint density at radius 3 is 2.74 bits per heavy atom. The molecule has 0 aromatic carbocycles. The van der Waals surface area contributed by atoms with Crippen LogP contribution in [-0.4, -0.2) is 15.3 Å². The zero-order valence-electron chi connectivity index (χ0n) is 15.6. The van der Waals surface area contributed by atoms with Gasteiger partial charge in [-0.05, 0) is 38.3 Å². The number of H-pyrrole nitrogens is 1. The topological polar surface area (TPSA) is 97.1 Å². The Kier molecular flexibility index (Phi) is 4.37. The number of unbranched alkanes of at least 4 members (excludes halogenated alkanes) is 1. The number of ketones is 1. The van der Waals surface area contributed by atoms with Gasteiger partial charge in [-0.25, -0.2) is 4.79 Å². The van der Waals surface area contributed by atoms with E-state index in [9.17, 15) is 14.4 Å². The van der Waals surface area contributed by atoms with E-state index in [0.717, 1.165) is 25.0 Å². The lowest BCUT2D eigenvalue weighted by atomic mass is 9.79. The predicted octanol–water partition coefficient (Wildman–Crippen LogP) is 2.80. The van der Waals surface area contributed by atoms with E-state index in [2.05, 4.69) is 10.3 Å². The molecule has 0 radical (unpaired) electrons. The molecule has 27 heavy (non-hydrogen) atoms. The zero-order valence-corrected chi connectivity index (χ0v) is 15.6. The highest BCUT2D eigenvalue weighted by molar-refractivity contribution is 6.00. The second kappa shape index (κ2) is 6.72. The molecular formula is C20H23N3O4. The van der Waals surface area contributed by atoms with Crippen molar-refractivity contribution in [3.05, 3.63) is 61.3 Å². The number of anilines is 1. The molecule has 1 aliphatic carbocycles. The van der Waals surface area contributed by atoms with E-state index >= 15 is 0 Å². The Morgan fingerprint density at radius 2 is 2.04 bits per heavy atom. The quantitative estimate of drug-likeness (QED) is 0.864. The Labute approximate surface area is 156 Å². The molecule has 2 aromatic rings. The number of nitrogens with zero attached hydrogens (tertiary/aromatic N) is 1. The summed E-state index contributed by atoms with van der Waals surface area (Å²) < 4.78 is 7.40. The minimum absolute atomic E-state index is 0.0270. The van der Waals surface area contributed by atoms with Crippen LogP contribution in [0.1, 0.15) is 62.0 Å². The molecule has 1 aliphatic heterocycles. The van der Waals surface area contributed by atoms with Gasteiger partial charge in [-0.15, -0.1) is 0 Å². The lowest BCUT2D eigenvalue weighted by molar-refractivity contribution is -0.116. The minimum Gasteiger partial charge on any atom is -0.465 e. The SMILES string of the molecule is CCCCn1c2c(c(=O)[nH]c1=O)[C@H](c1ccc(C)o1)C1=C(CCCC1=O)N2. The third-order valence-corrected chi connectivity index (χ3v) is 5.32. The first-order valence-electron chi connectivity index (χ1n) is 9.47. The van der Waals surface area contributed by atoms with E-state index in [0.29, 0.717) is 47.9 Å². The van der Waals surface area contributed by atoms with Crippen LogP contribution in [0.15, 0.2) is 37.4 Å². The number of allylic oxidation sites excluding steroid dienone is 2. The number of hydrogen-bond donors (Lipinski definition) is 2. The maximum absolute atomic E-state index is 12.8. The van der Waals surface area contributed by atoms with Gasteiger partial charge in [0, 0.05) is 24.2 Å². The molecule has 0 saturated carbocycles. The van der Waals surface area contributed by atoms with Crippen LogP contribution in [0.2, 0.25) is 0 Å². The second-order valence-electron chi connectivity index (χ2n) is 7.20. The zero-order chi connectivity index (χ0) is 19.1. The van der Waals surface area contributed by atoms with Gasteiger partial charge in [-0.2, -0.15) is 0 Å². The van der Waals surface area contributed by atoms with Crippen LogP contribution in [0.4, 0.5) is 5.82 Å². The summed E-state index contributed by atoms with van der Waals surface area (Å²) in [7, 11) is 0. The molecule has 0 saturated heterocycles. The highest BCUT2D eigenvalue weighted by Crippen LogP contribution is 2.43. The summed E-state index contributed by atoms with van der Waals surface area (Å²) in [5, 5.41) is 3.26. The average Bonchev–Trinajstić information content (AvgIpc) is 3.06. The summed E-state index contributed by atoms with van der Waals surface area (Å²) in [4.78, 5) is 40.4. The van der Waals surface area contributed by atoms with Gasteiger partial charge in [-0.1, -0.05) is 13.3 Å². The number of aromatic amines is 1. The van der Waals surface area contributed by atoms with E-state index in [1.54, 1.807) is 4.57 Å². The van der Waals surface area contributed by atoms with Gasteiger partial charge >= 0.3 is 5.69 Å². The molecule has 0 fully saturated rings. The molecule has 3 heterocycles. The number of nitrogens with one attached hydrogen (secondary N) is 2. The Morgan fingerprint density at radius 1 is 1.22 bits per heavy atom. The van der Waals surface area contributed by atoms with Crippen molar-refractivity contribution in [1.82, 2.24) is 9.55 Å². The van der Waals surface area contributed by atoms with Crippen molar-refractivity contribution in [3.8, 4) is 0 Å². The third-order valence-electron chi connectivity index (χ3n) is 5.32. The number of carbonyl (C=O) groups is 1. The first-order chi connectivity index (χ1) is 13.0. The highest BCUT2D eigenvalue weighted by Gasteiger charge is 2.39. The van der Waals surface area contributed by atoms with Gasteiger partial charge in [0.2, 0.25) is 0 Å². The van der Waals surface area contributed by atoms with Crippen LogP contribution in [0.25, 0.3) is 0 Å². The van der Waals surface area contributed by atoms with Gasteiger partial charge in [0.1, 0.15) is 17.3 Å². The fourth-order valence-corrected chi connectivity index (χ4v) is 4.03. The van der Waals surface area contributed by atoms with Gasteiger partial charge in [0.05, 0.1) is 11.5 Å². The van der Waals surface area contributed by atoms with Crippen LogP contribution < -0.4 is 16.6 Å². The fourth-order valence-electron chi connectivity index (χ4n) is 4.03. The average molecular weight is 369 g/mol. The molecule has 1 atom stereocenters. The minimum atomic E-state index is -0.588. The van der Waals surface area contributed by atoms with E-state index in [1.165, 1.54) is 0 Å². The van der Waals surface area contributed by atoms with Crippen molar-refractivity contribution in [1.29, 1.82) is 0 Å². The van der Waals surface area contributed by atoms with Gasteiger partial charge in [0.25, 0.3) is 5.56 Å². The van der Waals surface area contributed by atoms with E-state index in [4.69, 9.17) is 4.42 Å². The summed E-state index contributed by atoms with van der Waals surface area (Å²) >= 11 is 0. The third kappa shape index (κ3) is 2.87. The molecular weight excluding hydrogens is 346 g/mol. The maximum Gasteiger partial charge on any atom is 0.329 e. The summed E-state index contributed by atoms with van der Waals surface area (Å²) in [5.74, 6) is 1.20. The molecule has 0 spiro atoms. The van der Waals surface area contributed by atoms with Crippen molar-refractivity contribution in [2.45, 2.75) is 58.4 Å². The largest absolute Gasteiger partial charge is 0.465 e. The predicted molar refractivity (Wildman–Crippen MR) is 101 cm³/mol. The van der Waals surface area contributed by atoms with Crippen LogP contribution in [-0.2, 0) is 11.3 Å². The molecule has 0 unspecified atom stereocenters.